The third-order valence-electron chi connectivity index (χ3n) is 7.95. The summed E-state index contributed by atoms with van der Waals surface area (Å²) in [4.78, 5) is 27.5. The fourth-order valence-corrected chi connectivity index (χ4v) is 6.45. The lowest BCUT2D eigenvalue weighted by Crippen LogP contribution is -2.21. The van der Waals surface area contributed by atoms with Crippen LogP contribution in [0.3, 0.4) is 0 Å². The second kappa shape index (κ2) is 6.33. The summed E-state index contributed by atoms with van der Waals surface area (Å²) in [7, 11) is 0. The van der Waals surface area contributed by atoms with Crippen molar-refractivity contribution in [3.63, 3.8) is 0 Å². The van der Waals surface area contributed by atoms with Gasteiger partial charge in [-0.25, -0.2) is 4.52 Å². The number of para-hydroxylation sites is 2. The fraction of sp³-hybridized carbons (Fsp3) is 0. The van der Waals surface area contributed by atoms with Crippen LogP contribution in [0.2, 0.25) is 0 Å². The molecule has 9 rings (SSSR count). The number of rotatable bonds is 1. The maximum Gasteiger partial charge on any atom is 0.283 e. The maximum atomic E-state index is 13.8. The molecule has 0 saturated carbocycles. The third-order valence-corrected chi connectivity index (χ3v) is 7.95. The molecule has 0 fully saturated rings. The highest BCUT2D eigenvalue weighted by Gasteiger charge is 2.23. The predicted octanol–water partition coefficient (Wildman–Crippen LogP) is 6.32. The first-order valence-corrected chi connectivity index (χ1v) is 12.3. The van der Waals surface area contributed by atoms with Gasteiger partial charge in [0.25, 0.3) is 11.1 Å². The molecule has 0 N–H and O–H groups in total. The average molecular weight is 476 g/mol. The lowest BCUT2D eigenvalue weighted by Gasteiger charge is -2.03. The van der Waals surface area contributed by atoms with Gasteiger partial charge < -0.3 is 4.40 Å². The molecule has 5 nitrogen and oxygen atoms in total. The van der Waals surface area contributed by atoms with Crippen LogP contribution < -0.4 is 11.1 Å². The van der Waals surface area contributed by atoms with Crippen molar-refractivity contribution in [3.8, 4) is 11.1 Å². The van der Waals surface area contributed by atoms with E-state index in [4.69, 9.17) is 0 Å². The number of hydrogen-bond acceptors (Lipinski definition) is 2. The smallest absolute Gasteiger partial charge is 0.283 e. The lowest BCUT2D eigenvalue weighted by molar-refractivity contribution is 0.841. The highest BCUT2D eigenvalue weighted by atomic mass is 16.2. The van der Waals surface area contributed by atoms with Gasteiger partial charge in [-0.2, -0.15) is 4.52 Å². The van der Waals surface area contributed by atoms with Crippen LogP contribution in [0.15, 0.2) is 113 Å². The highest BCUT2D eigenvalue weighted by Crippen LogP contribution is 2.40. The fourth-order valence-electron chi connectivity index (χ4n) is 6.45. The summed E-state index contributed by atoms with van der Waals surface area (Å²) < 4.78 is 5.35. The molecule has 4 heterocycles. The molecular weight excluding hydrogens is 458 g/mol. The molecule has 9 aromatic rings. The Kier molecular flexibility index (Phi) is 3.27. The first kappa shape index (κ1) is 19.1. The molecule has 172 valence electrons. The average Bonchev–Trinajstić information content (AvgIpc) is 3.64. The van der Waals surface area contributed by atoms with Crippen molar-refractivity contribution in [3.05, 3.63) is 124 Å². The van der Waals surface area contributed by atoms with E-state index in [1.54, 1.807) is 4.52 Å². The maximum absolute atomic E-state index is 13.8. The Balaban J connectivity index is 1.51. The topological polar surface area (TPSA) is 47.4 Å². The number of nitrogens with zero attached hydrogens (tertiary/aromatic N) is 3. The number of hydrogen-bond donors (Lipinski definition) is 0. The van der Waals surface area contributed by atoms with Crippen LogP contribution in [0.25, 0.3) is 71.0 Å². The van der Waals surface area contributed by atoms with Gasteiger partial charge in [-0.05, 0) is 35.4 Å². The molecule has 37 heavy (non-hydrogen) atoms. The summed E-state index contributed by atoms with van der Waals surface area (Å²) in [5.41, 5.74) is 5.95. The molecule has 0 saturated heterocycles. The molecule has 0 atom stereocenters. The predicted molar refractivity (Wildman–Crippen MR) is 150 cm³/mol. The van der Waals surface area contributed by atoms with E-state index in [0.717, 1.165) is 49.5 Å². The van der Waals surface area contributed by atoms with Gasteiger partial charge in [-0.15, -0.1) is 0 Å². The zero-order chi connectivity index (χ0) is 24.4. The number of benzene rings is 5. The van der Waals surface area contributed by atoms with Crippen molar-refractivity contribution in [1.82, 2.24) is 13.4 Å². The Bertz CT molecular complexity index is 2500. The van der Waals surface area contributed by atoms with Crippen LogP contribution in [0.1, 0.15) is 0 Å². The molecule has 0 aliphatic heterocycles. The molecule has 0 amide bonds. The Morgan fingerprint density at radius 2 is 1.14 bits per heavy atom. The van der Waals surface area contributed by atoms with Gasteiger partial charge in [-0.1, -0.05) is 78.9 Å². The zero-order valence-electron chi connectivity index (χ0n) is 19.5. The summed E-state index contributed by atoms with van der Waals surface area (Å²) in [5, 5.41) is 5.71. The second-order valence-corrected chi connectivity index (χ2v) is 9.74. The molecule has 5 aromatic carbocycles. The van der Waals surface area contributed by atoms with Crippen LogP contribution in [0.4, 0.5) is 0 Å². The molecule has 0 spiro atoms. The molecule has 4 aromatic heterocycles. The molecule has 0 radical (unpaired) electrons. The Morgan fingerprint density at radius 1 is 0.459 bits per heavy atom. The minimum atomic E-state index is -0.290. The van der Waals surface area contributed by atoms with Crippen LogP contribution in [-0.2, 0) is 0 Å². The Morgan fingerprint density at radius 3 is 2.00 bits per heavy atom. The third kappa shape index (κ3) is 2.13. The summed E-state index contributed by atoms with van der Waals surface area (Å²) >= 11 is 0. The normalized spacial score (nSPS) is 12.5. The van der Waals surface area contributed by atoms with Crippen LogP contribution in [-0.4, -0.2) is 13.4 Å². The quantitative estimate of drug-likeness (QED) is 0.279. The highest BCUT2D eigenvalue weighted by molar-refractivity contribution is 6.24. The number of aromatic nitrogens is 3. The van der Waals surface area contributed by atoms with Crippen molar-refractivity contribution in [2.45, 2.75) is 0 Å². The molecule has 0 aliphatic rings. The summed E-state index contributed by atoms with van der Waals surface area (Å²) in [6.07, 6.45) is 0. The van der Waals surface area contributed by atoms with Gasteiger partial charge in [0.15, 0.2) is 0 Å². The van der Waals surface area contributed by atoms with Crippen LogP contribution >= 0.6 is 0 Å². The van der Waals surface area contributed by atoms with Crippen LogP contribution in [0.5, 0.6) is 0 Å². The Labute approximate surface area is 208 Å². The summed E-state index contributed by atoms with van der Waals surface area (Å²) in [5.74, 6) is 0. The van der Waals surface area contributed by atoms with Gasteiger partial charge in [0, 0.05) is 21.5 Å². The van der Waals surface area contributed by atoms with Crippen LogP contribution in [0, 0.1) is 0 Å². The van der Waals surface area contributed by atoms with E-state index < -0.39 is 0 Å². The lowest BCUT2D eigenvalue weighted by atomic mass is 10.0. The Hall–Kier alpha value is -5.16. The number of fused-ring (bicyclic) bond motifs is 11. The zero-order valence-corrected chi connectivity index (χ0v) is 19.5. The van der Waals surface area contributed by atoms with Gasteiger partial charge in [0.05, 0.1) is 38.4 Å². The van der Waals surface area contributed by atoms with Crippen molar-refractivity contribution >= 4 is 59.9 Å². The standard InChI is InChI=1S/C32H17N3O2/c36-31-24-17-27-23(22-13-6-12-21-20-10-4-5-14-25(20)33(27)30(21)22)16-28(24)34-26-15-7-11-19(18-8-2-1-3-9-18)29(26)32(37)35(31)34/h1-17H. The summed E-state index contributed by atoms with van der Waals surface area (Å²) in [6.45, 7) is 0. The van der Waals surface area contributed by atoms with E-state index in [0.29, 0.717) is 10.8 Å². The largest absolute Gasteiger partial charge is 0.308 e. The van der Waals surface area contributed by atoms with Crippen molar-refractivity contribution in [2.24, 2.45) is 0 Å². The summed E-state index contributed by atoms with van der Waals surface area (Å²) in [6, 6.07) is 34.5. The van der Waals surface area contributed by atoms with Gasteiger partial charge in [0.2, 0.25) is 0 Å². The molecule has 5 heteroatoms. The van der Waals surface area contributed by atoms with Crippen molar-refractivity contribution < 1.29 is 0 Å². The van der Waals surface area contributed by atoms with Crippen molar-refractivity contribution in [2.75, 3.05) is 0 Å². The first-order valence-electron chi connectivity index (χ1n) is 12.3. The van der Waals surface area contributed by atoms with E-state index in [1.807, 2.05) is 60.7 Å². The van der Waals surface area contributed by atoms with Gasteiger partial charge in [0.1, 0.15) is 0 Å². The minimum Gasteiger partial charge on any atom is -0.308 e. The molecule has 0 bridgehead atoms. The molecular formula is C32H17N3O2. The monoisotopic (exact) mass is 475 g/mol. The SMILES string of the molecule is O=c1c2cc3c(cc2n2c4cccc(-c5ccccc5)c4c(=O)n12)c1cccc2c4ccccc4n3c21. The second-order valence-electron chi connectivity index (χ2n) is 9.74. The molecule has 0 unspecified atom stereocenters. The minimum absolute atomic E-state index is 0.287. The van der Waals surface area contributed by atoms with E-state index >= 15 is 0 Å². The first-order chi connectivity index (χ1) is 18.2. The van der Waals surface area contributed by atoms with E-state index in [1.165, 1.54) is 15.3 Å². The van der Waals surface area contributed by atoms with Gasteiger partial charge in [-0.3, -0.25) is 9.59 Å². The van der Waals surface area contributed by atoms with E-state index in [9.17, 15) is 9.59 Å². The van der Waals surface area contributed by atoms with E-state index in [-0.39, 0.29) is 11.1 Å². The molecule has 0 aliphatic carbocycles. The van der Waals surface area contributed by atoms with Gasteiger partial charge >= 0.3 is 0 Å². The van der Waals surface area contributed by atoms with E-state index in [2.05, 4.69) is 46.9 Å². The van der Waals surface area contributed by atoms with Crippen molar-refractivity contribution in [1.29, 1.82) is 0 Å².